The first kappa shape index (κ1) is 16.8. The summed E-state index contributed by atoms with van der Waals surface area (Å²) >= 11 is 0. The zero-order valence-electron chi connectivity index (χ0n) is 13.4. The molecule has 1 aliphatic heterocycles. The molecule has 0 aromatic heterocycles. The Bertz CT molecular complexity index is 511. The van der Waals surface area contributed by atoms with Crippen LogP contribution >= 0.6 is 0 Å². The average molecular weight is 306 g/mol. The molecule has 1 unspecified atom stereocenters. The normalized spacial score (nSPS) is 18.1. The third-order valence-corrected chi connectivity index (χ3v) is 4.22. The molecular weight excluding hydrogens is 280 g/mol. The molecule has 3 N–H and O–H groups in total. The number of hydrogen-bond acceptors (Lipinski definition) is 4. The highest BCUT2D eigenvalue weighted by Crippen LogP contribution is 2.20. The van der Waals surface area contributed by atoms with Gasteiger partial charge in [0, 0.05) is 12.5 Å². The van der Waals surface area contributed by atoms with E-state index in [-0.39, 0.29) is 18.4 Å². The Balaban J connectivity index is 1.74. The van der Waals surface area contributed by atoms with Crippen molar-refractivity contribution >= 4 is 5.91 Å². The van der Waals surface area contributed by atoms with Crippen molar-refractivity contribution in [2.75, 3.05) is 26.2 Å². The highest BCUT2D eigenvalue weighted by atomic mass is 16.5. The van der Waals surface area contributed by atoms with Crippen LogP contribution in [0.25, 0.3) is 0 Å². The molecule has 0 bridgehead atoms. The number of aryl methyl sites for hydroxylation is 2. The van der Waals surface area contributed by atoms with Gasteiger partial charge in [-0.15, -0.1) is 0 Å². The number of piperidine rings is 1. The molecule has 0 spiro atoms. The van der Waals surface area contributed by atoms with Gasteiger partial charge in [-0.2, -0.15) is 0 Å². The Morgan fingerprint density at radius 2 is 2.09 bits per heavy atom. The molecule has 22 heavy (non-hydrogen) atoms. The van der Waals surface area contributed by atoms with Crippen molar-refractivity contribution in [1.82, 2.24) is 4.90 Å². The van der Waals surface area contributed by atoms with Crippen molar-refractivity contribution in [1.29, 1.82) is 0 Å². The number of carbonyl (C=O) groups is 1. The number of aliphatic hydroxyl groups excluding tert-OH is 1. The first-order chi connectivity index (χ1) is 10.5. The van der Waals surface area contributed by atoms with E-state index in [2.05, 4.69) is 11.0 Å². The number of nitrogens with zero attached hydrogens (tertiary/aromatic N) is 1. The number of nitrogens with two attached hydrogens (primary N) is 1. The standard InChI is InChI=1S/C17H26N2O3/c1-12-3-4-16(13(2)9-12)22-11-15(20)10-19-7-5-14(6-8-19)17(18)21/h3-4,9,14-15,20H,5-8,10-11H2,1-2H3,(H2,18,21). The number of rotatable bonds is 6. The van der Waals surface area contributed by atoms with E-state index in [9.17, 15) is 9.90 Å². The number of amides is 1. The number of ether oxygens (including phenoxy) is 1. The first-order valence-electron chi connectivity index (χ1n) is 7.85. The number of β-amino-alcohol motifs (C(OH)–C–C–N with tert-alkyl or cyclic N) is 1. The fourth-order valence-electron chi connectivity index (χ4n) is 2.90. The molecular formula is C17H26N2O3. The minimum Gasteiger partial charge on any atom is -0.491 e. The van der Waals surface area contributed by atoms with Gasteiger partial charge in [0.15, 0.2) is 0 Å². The van der Waals surface area contributed by atoms with Gasteiger partial charge in [0.25, 0.3) is 0 Å². The summed E-state index contributed by atoms with van der Waals surface area (Å²) in [4.78, 5) is 13.3. The summed E-state index contributed by atoms with van der Waals surface area (Å²) < 4.78 is 5.70. The molecule has 1 atom stereocenters. The molecule has 1 aromatic rings. The SMILES string of the molecule is Cc1ccc(OCC(O)CN2CCC(C(N)=O)CC2)c(C)c1. The molecule has 1 aliphatic rings. The number of benzene rings is 1. The van der Waals surface area contributed by atoms with Crippen LogP contribution in [0, 0.1) is 19.8 Å². The second-order valence-corrected chi connectivity index (χ2v) is 6.21. The van der Waals surface area contributed by atoms with Crippen molar-refractivity contribution in [2.45, 2.75) is 32.8 Å². The van der Waals surface area contributed by atoms with Gasteiger partial charge in [0.05, 0.1) is 0 Å². The lowest BCUT2D eigenvalue weighted by atomic mass is 9.96. The monoisotopic (exact) mass is 306 g/mol. The van der Waals surface area contributed by atoms with Gasteiger partial charge in [0.2, 0.25) is 5.91 Å². The van der Waals surface area contributed by atoms with E-state index in [1.165, 1.54) is 5.56 Å². The van der Waals surface area contributed by atoms with E-state index < -0.39 is 6.10 Å². The van der Waals surface area contributed by atoms with Crippen LogP contribution < -0.4 is 10.5 Å². The minimum absolute atomic E-state index is 0.0140. The lowest BCUT2D eigenvalue weighted by Gasteiger charge is -2.31. The first-order valence-corrected chi connectivity index (χ1v) is 7.85. The minimum atomic E-state index is -0.536. The highest BCUT2D eigenvalue weighted by molar-refractivity contribution is 5.76. The predicted octanol–water partition coefficient (Wildman–Crippen LogP) is 1.24. The highest BCUT2D eigenvalue weighted by Gasteiger charge is 2.24. The van der Waals surface area contributed by atoms with Crippen LogP contribution in [0.15, 0.2) is 18.2 Å². The third-order valence-electron chi connectivity index (χ3n) is 4.22. The number of aliphatic hydroxyl groups is 1. The van der Waals surface area contributed by atoms with Crippen molar-refractivity contribution in [3.05, 3.63) is 29.3 Å². The largest absolute Gasteiger partial charge is 0.491 e. The second kappa shape index (κ2) is 7.61. The summed E-state index contributed by atoms with van der Waals surface area (Å²) in [5.74, 6) is 0.593. The summed E-state index contributed by atoms with van der Waals surface area (Å²) in [6, 6.07) is 6.01. The Kier molecular flexibility index (Phi) is 5.80. The van der Waals surface area contributed by atoms with Gasteiger partial charge in [-0.1, -0.05) is 17.7 Å². The number of primary amides is 1. The molecule has 0 radical (unpaired) electrons. The quantitative estimate of drug-likeness (QED) is 0.829. The Morgan fingerprint density at radius 1 is 1.41 bits per heavy atom. The average Bonchev–Trinajstić information content (AvgIpc) is 2.47. The van der Waals surface area contributed by atoms with Crippen LogP contribution in [0.2, 0.25) is 0 Å². The summed E-state index contributed by atoms with van der Waals surface area (Å²) in [6.45, 7) is 6.49. The van der Waals surface area contributed by atoms with Crippen molar-refractivity contribution < 1.29 is 14.6 Å². The fraction of sp³-hybridized carbons (Fsp3) is 0.588. The number of likely N-dealkylation sites (tertiary alicyclic amines) is 1. The maximum atomic E-state index is 11.1. The molecule has 122 valence electrons. The van der Waals surface area contributed by atoms with Crippen molar-refractivity contribution in [3.8, 4) is 5.75 Å². The number of carbonyl (C=O) groups excluding carboxylic acids is 1. The summed E-state index contributed by atoms with van der Waals surface area (Å²) in [5, 5.41) is 10.1. The summed E-state index contributed by atoms with van der Waals surface area (Å²) in [6.07, 6.45) is 1.02. The molecule has 5 nitrogen and oxygen atoms in total. The van der Waals surface area contributed by atoms with Crippen LogP contribution in [0.3, 0.4) is 0 Å². The van der Waals surface area contributed by atoms with Gasteiger partial charge >= 0.3 is 0 Å². The zero-order chi connectivity index (χ0) is 16.1. The summed E-state index contributed by atoms with van der Waals surface area (Å²) in [7, 11) is 0. The van der Waals surface area contributed by atoms with Gasteiger partial charge in [-0.3, -0.25) is 4.79 Å². The number of hydrogen-bond donors (Lipinski definition) is 2. The van der Waals surface area contributed by atoms with E-state index >= 15 is 0 Å². The van der Waals surface area contributed by atoms with Crippen LogP contribution in [0.1, 0.15) is 24.0 Å². The van der Waals surface area contributed by atoms with Crippen molar-refractivity contribution in [2.24, 2.45) is 11.7 Å². The fourth-order valence-corrected chi connectivity index (χ4v) is 2.90. The lowest BCUT2D eigenvalue weighted by molar-refractivity contribution is -0.123. The molecule has 5 heteroatoms. The topological polar surface area (TPSA) is 75.8 Å². The Labute approximate surface area is 132 Å². The summed E-state index contributed by atoms with van der Waals surface area (Å²) in [5.41, 5.74) is 7.60. The molecule has 1 aromatic carbocycles. The van der Waals surface area contributed by atoms with E-state index in [1.807, 2.05) is 26.0 Å². The maximum Gasteiger partial charge on any atom is 0.220 e. The zero-order valence-corrected chi connectivity index (χ0v) is 13.4. The van der Waals surface area contributed by atoms with Gasteiger partial charge in [-0.25, -0.2) is 0 Å². The van der Waals surface area contributed by atoms with E-state index in [4.69, 9.17) is 10.5 Å². The van der Waals surface area contributed by atoms with Crippen LogP contribution in [0.5, 0.6) is 5.75 Å². The molecule has 1 fully saturated rings. The third kappa shape index (κ3) is 4.71. The van der Waals surface area contributed by atoms with E-state index in [0.29, 0.717) is 6.54 Å². The molecule has 1 amide bonds. The molecule has 0 aliphatic carbocycles. The molecule has 0 saturated carbocycles. The second-order valence-electron chi connectivity index (χ2n) is 6.21. The molecule has 1 heterocycles. The van der Waals surface area contributed by atoms with E-state index in [0.717, 1.165) is 37.2 Å². The lowest BCUT2D eigenvalue weighted by Crippen LogP contribution is -2.43. The Morgan fingerprint density at radius 3 is 2.68 bits per heavy atom. The van der Waals surface area contributed by atoms with Crippen LogP contribution in [-0.4, -0.2) is 48.3 Å². The van der Waals surface area contributed by atoms with Crippen LogP contribution in [0.4, 0.5) is 0 Å². The van der Waals surface area contributed by atoms with Gasteiger partial charge in [0.1, 0.15) is 18.5 Å². The van der Waals surface area contributed by atoms with E-state index in [1.54, 1.807) is 0 Å². The Hall–Kier alpha value is -1.59. The van der Waals surface area contributed by atoms with Gasteiger partial charge in [-0.05, 0) is 51.4 Å². The van der Waals surface area contributed by atoms with Crippen LogP contribution in [-0.2, 0) is 4.79 Å². The molecule has 1 saturated heterocycles. The maximum absolute atomic E-state index is 11.1. The van der Waals surface area contributed by atoms with Gasteiger partial charge < -0.3 is 20.5 Å². The smallest absolute Gasteiger partial charge is 0.220 e. The molecule has 2 rings (SSSR count). The van der Waals surface area contributed by atoms with Crippen molar-refractivity contribution in [3.63, 3.8) is 0 Å². The predicted molar refractivity (Wildman–Crippen MR) is 85.8 cm³/mol.